The van der Waals surface area contributed by atoms with E-state index in [2.05, 4.69) is 9.98 Å². The van der Waals surface area contributed by atoms with E-state index in [0.29, 0.717) is 11.1 Å². The van der Waals surface area contributed by atoms with Gasteiger partial charge in [0.1, 0.15) is 0 Å². The molecule has 2 aliphatic heterocycles. The van der Waals surface area contributed by atoms with Gasteiger partial charge in [0.2, 0.25) is 11.4 Å². The van der Waals surface area contributed by atoms with E-state index in [-0.39, 0.29) is 11.8 Å². The third-order valence-corrected chi connectivity index (χ3v) is 4.69. The SMILES string of the molecule is CC1=NC(c2ccccc2)(C2(C)N=C(c3ccccc3)OC2=O)C(=O)O1. The van der Waals surface area contributed by atoms with E-state index >= 15 is 0 Å². The van der Waals surface area contributed by atoms with Crippen molar-refractivity contribution in [1.29, 1.82) is 0 Å². The van der Waals surface area contributed by atoms with Crippen molar-refractivity contribution in [1.82, 2.24) is 0 Å². The van der Waals surface area contributed by atoms with Crippen molar-refractivity contribution in [3.05, 3.63) is 71.8 Å². The molecule has 4 rings (SSSR count). The number of carbonyl (C=O) groups is 2. The zero-order valence-corrected chi connectivity index (χ0v) is 14.3. The van der Waals surface area contributed by atoms with Crippen molar-refractivity contribution in [2.24, 2.45) is 9.98 Å². The van der Waals surface area contributed by atoms with E-state index in [1.807, 2.05) is 24.3 Å². The molecular weight excluding hydrogens is 332 g/mol. The first-order chi connectivity index (χ1) is 12.5. The number of aliphatic imine (C=N–C) groups is 2. The van der Waals surface area contributed by atoms with Gasteiger partial charge in [0, 0.05) is 12.5 Å². The van der Waals surface area contributed by atoms with E-state index in [0.717, 1.165) is 0 Å². The minimum atomic E-state index is -1.62. The van der Waals surface area contributed by atoms with Gasteiger partial charge in [-0.3, -0.25) is 0 Å². The standard InChI is InChI=1S/C20H16N2O4/c1-13-21-20(18(24)25-13,15-11-7-4-8-12-15)19(2)17(23)26-16(22-19)14-9-5-3-6-10-14/h3-12H,1-2H3. The summed E-state index contributed by atoms with van der Waals surface area (Å²) in [4.78, 5) is 34.7. The van der Waals surface area contributed by atoms with Crippen LogP contribution in [0, 0.1) is 0 Å². The van der Waals surface area contributed by atoms with E-state index in [4.69, 9.17) is 9.47 Å². The van der Waals surface area contributed by atoms with Gasteiger partial charge in [0.15, 0.2) is 11.4 Å². The molecule has 2 heterocycles. The Labute approximate surface area is 150 Å². The van der Waals surface area contributed by atoms with Gasteiger partial charge in [0.25, 0.3) is 0 Å². The second-order valence-electron chi connectivity index (χ2n) is 6.34. The zero-order valence-electron chi connectivity index (χ0n) is 14.3. The third kappa shape index (κ3) is 2.12. The van der Waals surface area contributed by atoms with Gasteiger partial charge in [-0.05, 0) is 24.6 Å². The van der Waals surface area contributed by atoms with Crippen LogP contribution < -0.4 is 0 Å². The first kappa shape index (κ1) is 16.2. The summed E-state index contributed by atoms with van der Waals surface area (Å²) in [6, 6.07) is 17.9. The van der Waals surface area contributed by atoms with Gasteiger partial charge in [-0.1, -0.05) is 48.5 Å². The molecule has 0 radical (unpaired) electrons. The summed E-state index contributed by atoms with van der Waals surface area (Å²) < 4.78 is 10.7. The molecule has 2 unspecified atom stereocenters. The number of carbonyl (C=O) groups excluding carboxylic acids is 2. The second-order valence-corrected chi connectivity index (χ2v) is 6.34. The number of rotatable bonds is 3. The number of hydrogen-bond donors (Lipinski definition) is 0. The Balaban J connectivity index is 1.93. The number of ether oxygens (including phenoxy) is 2. The molecule has 6 heteroatoms. The first-order valence-electron chi connectivity index (χ1n) is 8.19. The van der Waals surface area contributed by atoms with Crippen LogP contribution >= 0.6 is 0 Å². The molecule has 2 aromatic rings. The van der Waals surface area contributed by atoms with E-state index < -0.39 is 23.0 Å². The average Bonchev–Trinajstić information content (AvgIpc) is 3.14. The van der Waals surface area contributed by atoms with Crippen LogP contribution in [0.3, 0.4) is 0 Å². The average molecular weight is 348 g/mol. The van der Waals surface area contributed by atoms with E-state index in [1.165, 1.54) is 0 Å². The highest BCUT2D eigenvalue weighted by Crippen LogP contribution is 2.47. The predicted octanol–water partition coefficient (Wildman–Crippen LogP) is 2.62. The summed E-state index contributed by atoms with van der Waals surface area (Å²) in [7, 11) is 0. The normalized spacial score (nSPS) is 27.6. The molecule has 6 nitrogen and oxygen atoms in total. The van der Waals surface area contributed by atoms with Crippen LogP contribution in [0.15, 0.2) is 70.6 Å². The van der Waals surface area contributed by atoms with Crippen molar-refractivity contribution >= 4 is 23.7 Å². The molecule has 2 aromatic carbocycles. The van der Waals surface area contributed by atoms with Crippen molar-refractivity contribution in [2.45, 2.75) is 24.9 Å². The lowest BCUT2D eigenvalue weighted by atomic mass is 9.74. The lowest BCUT2D eigenvalue weighted by Crippen LogP contribution is -2.54. The van der Waals surface area contributed by atoms with Crippen molar-refractivity contribution in [3.8, 4) is 0 Å². The van der Waals surface area contributed by atoms with Crippen LogP contribution in [0.4, 0.5) is 0 Å². The molecular formula is C20H16N2O4. The Morgan fingerprint density at radius 2 is 1.42 bits per heavy atom. The molecule has 0 bridgehead atoms. The predicted molar refractivity (Wildman–Crippen MR) is 94.8 cm³/mol. The van der Waals surface area contributed by atoms with Crippen LogP contribution in [-0.2, 0) is 24.6 Å². The first-order valence-corrected chi connectivity index (χ1v) is 8.19. The minimum absolute atomic E-state index is 0.168. The van der Waals surface area contributed by atoms with Crippen molar-refractivity contribution in [2.75, 3.05) is 0 Å². The van der Waals surface area contributed by atoms with Gasteiger partial charge in [-0.2, -0.15) is 0 Å². The maximum Gasteiger partial charge on any atom is 0.348 e. The fraction of sp³-hybridized carbons (Fsp3) is 0.200. The van der Waals surface area contributed by atoms with Crippen LogP contribution in [0.2, 0.25) is 0 Å². The molecule has 2 atom stereocenters. The van der Waals surface area contributed by atoms with Crippen LogP contribution in [0.25, 0.3) is 0 Å². The minimum Gasteiger partial charge on any atom is -0.410 e. The molecule has 26 heavy (non-hydrogen) atoms. The van der Waals surface area contributed by atoms with Crippen LogP contribution in [0.1, 0.15) is 25.0 Å². The summed E-state index contributed by atoms with van der Waals surface area (Å²) in [5.74, 6) is -0.925. The lowest BCUT2D eigenvalue weighted by molar-refractivity contribution is -0.150. The molecule has 130 valence electrons. The molecule has 0 aromatic heterocycles. The highest BCUT2D eigenvalue weighted by Gasteiger charge is 2.67. The fourth-order valence-electron chi connectivity index (χ4n) is 3.35. The third-order valence-electron chi connectivity index (χ3n) is 4.69. The number of esters is 2. The van der Waals surface area contributed by atoms with Gasteiger partial charge >= 0.3 is 11.9 Å². The summed E-state index contributed by atoms with van der Waals surface area (Å²) in [6.07, 6.45) is 0. The molecule has 0 aliphatic carbocycles. The molecule has 0 saturated heterocycles. The Kier molecular flexibility index (Phi) is 3.50. The molecule has 0 spiro atoms. The Hall–Kier alpha value is -3.28. The van der Waals surface area contributed by atoms with Crippen LogP contribution in [0.5, 0.6) is 0 Å². The molecule has 2 aliphatic rings. The largest absolute Gasteiger partial charge is 0.410 e. The second kappa shape index (κ2) is 5.62. The van der Waals surface area contributed by atoms with Crippen LogP contribution in [-0.4, -0.2) is 29.3 Å². The zero-order chi connectivity index (χ0) is 18.4. The topological polar surface area (TPSA) is 77.3 Å². The molecule has 0 saturated carbocycles. The van der Waals surface area contributed by atoms with E-state index in [9.17, 15) is 9.59 Å². The number of cyclic esters (lactones) is 2. The summed E-state index contributed by atoms with van der Waals surface area (Å²) in [6.45, 7) is 3.13. The highest BCUT2D eigenvalue weighted by molar-refractivity contribution is 6.13. The quantitative estimate of drug-likeness (QED) is 0.799. The van der Waals surface area contributed by atoms with Crippen molar-refractivity contribution < 1.29 is 19.1 Å². The van der Waals surface area contributed by atoms with Gasteiger partial charge in [-0.25, -0.2) is 19.6 Å². The summed E-state index contributed by atoms with van der Waals surface area (Å²) in [5, 5.41) is 0. The molecule has 0 amide bonds. The maximum absolute atomic E-state index is 12.9. The Bertz CT molecular complexity index is 952. The molecule has 0 N–H and O–H groups in total. The fourth-order valence-corrected chi connectivity index (χ4v) is 3.35. The Morgan fingerprint density at radius 1 is 0.808 bits per heavy atom. The maximum atomic E-state index is 12.9. The Morgan fingerprint density at radius 3 is 2.00 bits per heavy atom. The number of nitrogens with zero attached hydrogens (tertiary/aromatic N) is 2. The number of hydrogen-bond acceptors (Lipinski definition) is 6. The summed E-state index contributed by atoms with van der Waals surface area (Å²) in [5.41, 5.74) is -2.01. The van der Waals surface area contributed by atoms with Gasteiger partial charge < -0.3 is 9.47 Å². The highest BCUT2D eigenvalue weighted by atomic mass is 16.6. The number of benzene rings is 2. The summed E-state index contributed by atoms with van der Waals surface area (Å²) >= 11 is 0. The van der Waals surface area contributed by atoms with Crippen molar-refractivity contribution in [3.63, 3.8) is 0 Å². The van der Waals surface area contributed by atoms with Gasteiger partial charge in [0.05, 0.1) is 0 Å². The van der Waals surface area contributed by atoms with Gasteiger partial charge in [-0.15, -0.1) is 0 Å². The monoisotopic (exact) mass is 348 g/mol. The molecule has 0 fully saturated rings. The smallest absolute Gasteiger partial charge is 0.348 e. The lowest BCUT2D eigenvalue weighted by Gasteiger charge is -2.32. The van der Waals surface area contributed by atoms with E-state index in [1.54, 1.807) is 50.2 Å².